The van der Waals surface area contributed by atoms with Crippen molar-refractivity contribution in [3.63, 3.8) is 0 Å². The molecule has 0 fully saturated rings. The second-order valence-corrected chi connectivity index (χ2v) is 6.28. The van der Waals surface area contributed by atoms with Gasteiger partial charge in [0.15, 0.2) is 0 Å². The minimum Gasteiger partial charge on any atom is -0.496 e. The van der Waals surface area contributed by atoms with E-state index in [1.54, 1.807) is 25.3 Å². The predicted octanol–water partition coefficient (Wildman–Crippen LogP) is 3.61. The molecule has 0 saturated heterocycles. The van der Waals surface area contributed by atoms with Crippen molar-refractivity contribution in [1.29, 1.82) is 0 Å². The number of aryl methyl sites for hydroxylation is 1. The fourth-order valence-corrected chi connectivity index (χ4v) is 2.58. The maximum atomic E-state index is 12.1. The molecule has 0 radical (unpaired) electrons. The molecule has 0 unspecified atom stereocenters. The van der Waals surface area contributed by atoms with Crippen LogP contribution in [0, 0.1) is 6.92 Å². The highest BCUT2D eigenvalue weighted by Crippen LogP contribution is 2.25. The normalized spacial score (nSPS) is 10.2. The summed E-state index contributed by atoms with van der Waals surface area (Å²) < 4.78 is 5.24. The van der Waals surface area contributed by atoms with Gasteiger partial charge in [-0.3, -0.25) is 9.59 Å². The van der Waals surface area contributed by atoms with Crippen LogP contribution in [0.15, 0.2) is 36.4 Å². The Kier molecular flexibility index (Phi) is 6.67. The molecule has 132 valence electrons. The van der Waals surface area contributed by atoms with Gasteiger partial charge in [-0.1, -0.05) is 40.9 Å². The van der Waals surface area contributed by atoms with Crippen molar-refractivity contribution in [3.05, 3.63) is 57.6 Å². The molecule has 0 bridgehead atoms. The Bertz CT molecular complexity index is 794. The Morgan fingerprint density at radius 3 is 2.56 bits per heavy atom. The number of anilines is 1. The largest absolute Gasteiger partial charge is 0.496 e. The molecule has 5 nitrogen and oxygen atoms in total. The van der Waals surface area contributed by atoms with Crippen LogP contribution < -0.4 is 15.4 Å². The van der Waals surface area contributed by atoms with Crippen LogP contribution in [0.2, 0.25) is 10.0 Å². The first-order valence-electron chi connectivity index (χ1n) is 7.54. The van der Waals surface area contributed by atoms with Crippen LogP contribution in [0.4, 0.5) is 5.69 Å². The zero-order chi connectivity index (χ0) is 18.4. The summed E-state index contributed by atoms with van der Waals surface area (Å²) in [6.45, 7) is 1.76. The highest BCUT2D eigenvalue weighted by Gasteiger charge is 2.11. The fourth-order valence-electron chi connectivity index (χ4n) is 2.25. The Labute approximate surface area is 156 Å². The van der Waals surface area contributed by atoms with Crippen molar-refractivity contribution in [2.24, 2.45) is 0 Å². The fraction of sp³-hybridized carbons (Fsp3) is 0.222. The maximum absolute atomic E-state index is 12.1. The lowest BCUT2D eigenvalue weighted by molar-refractivity contribution is -0.123. The van der Waals surface area contributed by atoms with E-state index in [4.69, 9.17) is 27.9 Å². The lowest BCUT2D eigenvalue weighted by Gasteiger charge is -2.11. The molecule has 0 spiro atoms. The van der Waals surface area contributed by atoms with Crippen LogP contribution in [0.3, 0.4) is 0 Å². The molecule has 2 N–H and O–H groups in total. The first kappa shape index (κ1) is 19.1. The molecule has 0 aromatic heterocycles. The number of ether oxygens (including phenoxy) is 1. The molecular formula is C18H18Cl2N2O3. The minimum atomic E-state index is -0.395. The van der Waals surface area contributed by atoms with Crippen molar-refractivity contribution >= 4 is 40.7 Å². The Morgan fingerprint density at radius 2 is 1.84 bits per heavy atom. The average Bonchev–Trinajstić information content (AvgIpc) is 2.56. The van der Waals surface area contributed by atoms with Crippen LogP contribution in [0.5, 0.6) is 5.75 Å². The van der Waals surface area contributed by atoms with E-state index in [1.807, 2.05) is 25.1 Å². The Balaban J connectivity index is 1.90. The van der Waals surface area contributed by atoms with E-state index in [2.05, 4.69) is 10.6 Å². The molecule has 0 heterocycles. The minimum absolute atomic E-state index is 0.121. The third-order valence-corrected chi connectivity index (χ3v) is 4.00. The van der Waals surface area contributed by atoms with Crippen molar-refractivity contribution in [2.75, 3.05) is 19.0 Å². The van der Waals surface area contributed by atoms with Gasteiger partial charge >= 0.3 is 0 Å². The highest BCUT2D eigenvalue weighted by atomic mass is 35.5. The summed E-state index contributed by atoms with van der Waals surface area (Å²) in [5, 5.41) is 6.00. The smallest absolute Gasteiger partial charge is 0.243 e. The molecule has 0 aliphatic heterocycles. The van der Waals surface area contributed by atoms with Crippen LogP contribution in [-0.4, -0.2) is 25.5 Å². The first-order valence-corrected chi connectivity index (χ1v) is 8.29. The number of methoxy groups -OCH3 is 1. The van der Waals surface area contributed by atoms with Crippen molar-refractivity contribution in [1.82, 2.24) is 5.32 Å². The maximum Gasteiger partial charge on any atom is 0.243 e. The van der Waals surface area contributed by atoms with Gasteiger partial charge in [-0.25, -0.2) is 0 Å². The quantitative estimate of drug-likeness (QED) is 0.804. The van der Waals surface area contributed by atoms with E-state index >= 15 is 0 Å². The predicted molar refractivity (Wildman–Crippen MR) is 99.5 cm³/mol. The van der Waals surface area contributed by atoms with Crippen molar-refractivity contribution in [3.8, 4) is 5.75 Å². The van der Waals surface area contributed by atoms with E-state index in [9.17, 15) is 9.59 Å². The lowest BCUT2D eigenvalue weighted by atomic mass is 10.1. The van der Waals surface area contributed by atoms with Gasteiger partial charge in [0.05, 0.1) is 30.8 Å². The molecule has 0 aliphatic carbocycles. The number of carbonyl (C=O) groups excluding carboxylic acids is 2. The average molecular weight is 381 g/mol. The summed E-state index contributed by atoms with van der Waals surface area (Å²) >= 11 is 11.9. The number of nitrogens with one attached hydrogen (secondary N) is 2. The van der Waals surface area contributed by atoms with E-state index in [1.165, 1.54) is 0 Å². The summed E-state index contributed by atoms with van der Waals surface area (Å²) in [4.78, 5) is 24.0. The number of halogens is 2. The summed E-state index contributed by atoms with van der Waals surface area (Å²) in [7, 11) is 1.55. The van der Waals surface area contributed by atoms with Gasteiger partial charge in [-0.2, -0.15) is 0 Å². The zero-order valence-electron chi connectivity index (χ0n) is 13.9. The summed E-state index contributed by atoms with van der Waals surface area (Å²) in [6, 6.07) is 10.3. The SMILES string of the molecule is COc1ccc(C)cc1CC(=O)NCC(=O)Nc1cc(Cl)ccc1Cl. The Hall–Kier alpha value is -2.24. The van der Waals surface area contributed by atoms with E-state index in [-0.39, 0.29) is 18.9 Å². The molecule has 2 aromatic rings. The molecule has 7 heteroatoms. The first-order chi connectivity index (χ1) is 11.9. The van der Waals surface area contributed by atoms with Crippen molar-refractivity contribution < 1.29 is 14.3 Å². The monoisotopic (exact) mass is 380 g/mol. The van der Waals surface area contributed by atoms with Gasteiger partial charge in [0.2, 0.25) is 11.8 Å². The third-order valence-electron chi connectivity index (χ3n) is 3.44. The van der Waals surface area contributed by atoms with Gasteiger partial charge in [-0.15, -0.1) is 0 Å². The molecule has 0 atom stereocenters. The molecule has 0 saturated carbocycles. The number of benzene rings is 2. The highest BCUT2D eigenvalue weighted by molar-refractivity contribution is 6.35. The van der Waals surface area contributed by atoms with Gasteiger partial charge in [-0.05, 0) is 31.2 Å². The molecular weight excluding hydrogens is 363 g/mol. The zero-order valence-corrected chi connectivity index (χ0v) is 15.4. The number of rotatable bonds is 6. The van der Waals surface area contributed by atoms with E-state index in [0.717, 1.165) is 11.1 Å². The number of hydrogen-bond acceptors (Lipinski definition) is 3. The number of hydrogen-bond donors (Lipinski definition) is 2. The summed E-state index contributed by atoms with van der Waals surface area (Å²) in [6.07, 6.45) is 0.121. The topological polar surface area (TPSA) is 67.4 Å². The molecule has 0 aliphatic rings. The van der Waals surface area contributed by atoms with Gasteiger partial charge in [0, 0.05) is 10.6 Å². The molecule has 2 aromatic carbocycles. The van der Waals surface area contributed by atoms with Crippen LogP contribution in [-0.2, 0) is 16.0 Å². The molecule has 2 amide bonds. The standard InChI is InChI=1S/C18H18Cl2N2O3/c1-11-3-6-16(25-2)12(7-11)8-17(23)21-10-18(24)22-15-9-13(19)4-5-14(15)20/h3-7,9H,8,10H2,1-2H3,(H,21,23)(H,22,24). The van der Waals surface area contributed by atoms with Crippen LogP contribution >= 0.6 is 23.2 Å². The Morgan fingerprint density at radius 1 is 1.08 bits per heavy atom. The van der Waals surface area contributed by atoms with E-state index < -0.39 is 5.91 Å². The second-order valence-electron chi connectivity index (χ2n) is 5.44. The summed E-state index contributed by atoms with van der Waals surface area (Å²) in [5.41, 5.74) is 2.18. The lowest BCUT2D eigenvalue weighted by Crippen LogP contribution is -2.33. The molecule has 25 heavy (non-hydrogen) atoms. The van der Waals surface area contributed by atoms with E-state index in [0.29, 0.717) is 21.5 Å². The number of carbonyl (C=O) groups is 2. The second kappa shape index (κ2) is 8.74. The summed E-state index contributed by atoms with van der Waals surface area (Å²) in [5.74, 6) is -0.0409. The third kappa shape index (κ3) is 5.66. The van der Waals surface area contributed by atoms with Gasteiger partial charge in [0.1, 0.15) is 5.75 Å². The number of amides is 2. The van der Waals surface area contributed by atoms with Crippen LogP contribution in [0.1, 0.15) is 11.1 Å². The van der Waals surface area contributed by atoms with Gasteiger partial charge < -0.3 is 15.4 Å². The molecule has 2 rings (SSSR count). The van der Waals surface area contributed by atoms with Crippen molar-refractivity contribution in [2.45, 2.75) is 13.3 Å². The van der Waals surface area contributed by atoms with Crippen LogP contribution in [0.25, 0.3) is 0 Å². The van der Waals surface area contributed by atoms with Gasteiger partial charge in [0.25, 0.3) is 0 Å².